The van der Waals surface area contributed by atoms with Gasteiger partial charge in [-0.05, 0) is 27.6 Å². The van der Waals surface area contributed by atoms with E-state index in [-0.39, 0.29) is 12.4 Å². The second kappa shape index (κ2) is 5.15. The van der Waals surface area contributed by atoms with Crippen molar-refractivity contribution in [2.75, 3.05) is 7.11 Å². The van der Waals surface area contributed by atoms with E-state index in [0.717, 1.165) is 0 Å². The molecule has 3 nitrogen and oxygen atoms in total. The standard InChI is InChI=1S/C10H7BrClNO2/c1-15-9(14)4-6-2-3-8(12)7(5-13)10(6)11/h2-3H,4H2,1H3. The number of carbonyl (C=O) groups is 1. The van der Waals surface area contributed by atoms with Gasteiger partial charge in [0.15, 0.2) is 0 Å². The molecule has 0 radical (unpaired) electrons. The van der Waals surface area contributed by atoms with Gasteiger partial charge in [-0.3, -0.25) is 4.79 Å². The summed E-state index contributed by atoms with van der Waals surface area (Å²) in [5.41, 5.74) is 1.01. The first-order valence-corrected chi connectivity index (χ1v) is 5.21. The van der Waals surface area contributed by atoms with Gasteiger partial charge in [-0.1, -0.05) is 17.7 Å². The largest absolute Gasteiger partial charge is 0.469 e. The van der Waals surface area contributed by atoms with Crippen molar-refractivity contribution in [3.63, 3.8) is 0 Å². The molecule has 0 atom stereocenters. The number of hydrogen-bond donors (Lipinski definition) is 0. The lowest BCUT2D eigenvalue weighted by Crippen LogP contribution is -2.05. The lowest BCUT2D eigenvalue weighted by molar-refractivity contribution is -0.139. The molecule has 5 heteroatoms. The fourth-order valence-corrected chi connectivity index (χ4v) is 1.95. The molecule has 0 heterocycles. The summed E-state index contributed by atoms with van der Waals surface area (Å²) < 4.78 is 5.08. The van der Waals surface area contributed by atoms with E-state index in [4.69, 9.17) is 16.9 Å². The van der Waals surface area contributed by atoms with Crippen molar-refractivity contribution in [2.24, 2.45) is 0 Å². The Morgan fingerprint density at radius 2 is 2.33 bits per heavy atom. The number of halogens is 2. The van der Waals surface area contributed by atoms with Gasteiger partial charge in [0, 0.05) is 4.47 Å². The molecule has 0 spiro atoms. The van der Waals surface area contributed by atoms with E-state index < -0.39 is 0 Å². The first-order chi connectivity index (χ1) is 7.10. The van der Waals surface area contributed by atoms with E-state index in [1.54, 1.807) is 12.1 Å². The number of nitriles is 1. The number of rotatable bonds is 2. The highest BCUT2D eigenvalue weighted by atomic mass is 79.9. The smallest absolute Gasteiger partial charge is 0.310 e. The van der Waals surface area contributed by atoms with E-state index in [1.807, 2.05) is 6.07 Å². The summed E-state index contributed by atoms with van der Waals surface area (Å²) in [4.78, 5) is 11.1. The topological polar surface area (TPSA) is 50.1 Å². The second-order valence-electron chi connectivity index (χ2n) is 2.76. The molecule has 0 fully saturated rings. The lowest BCUT2D eigenvalue weighted by atomic mass is 10.1. The summed E-state index contributed by atoms with van der Waals surface area (Å²) in [7, 11) is 1.32. The Balaban J connectivity index is 3.12. The van der Waals surface area contributed by atoms with E-state index in [0.29, 0.717) is 20.6 Å². The van der Waals surface area contributed by atoms with Gasteiger partial charge in [-0.2, -0.15) is 5.26 Å². The highest BCUT2D eigenvalue weighted by Gasteiger charge is 2.12. The summed E-state index contributed by atoms with van der Waals surface area (Å²) in [6.07, 6.45) is 0.114. The van der Waals surface area contributed by atoms with Crippen LogP contribution in [0.15, 0.2) is 16.6 Å². The van der Waals surface area contributed by atoms with Crippen molar-refractivity contribution in [1.29, 1.82) is 5.26 Å². The molecular formula is C10H7BrClNO2. The van der Waals surface area contributed by atoms with Gasteiger partial charge in [-0.25, -0.2) is 0 Å². The Hall–Kier alpha value is -1.05. The zero-order valence-electron chi connectivity index (χ0n) is 7.88. The summed E-state index contributed by atoms with van der Waals surface area (Å²) >= 11 is 9.04. The van der Waals surface area contributed by atoms with Crippen molar-refractivity contribution in [2.45, 2.75) is 6.42 Å². The molecule has 0 saturated carbocycles. The Morgan fingerprint density at radius 1 is 1.67 bits per heavy atom. The molecule has 0 aliphatic heterocycles. The third-order valence-electron chi connectivity index (χ3n) is 1.85. The molecular weight excluding hydrogens is 281 g/mol. The van der Waals surface area contributed by atoms with Crippen LogP contribution in [0.4, 0.5) is 0 Å². The van der Waals surface area contributed by atoms with Crippen molar-refractivity contribution in [3.8, 4) is 6.07 Å². The third-order valence-corrected chi connectivity index (χ3v) is 3.07. The first kappa shape index (κ1) is 12.0. The van der Waals surface area contributed by atoms with Crippen molar-refractivity contribution in [1.82, 2.24) is 0 Å². The summed E-state index contributed by atoms with van der Waals surface area (Å²) in [5.74, 6) is -0.359. The maximum atomic E-state index is 11.1. The molecule has 1 aromatic carbocycles. The van der Waals surface area contributed by atoms with Crippen LogP contribution in [0.25, 0.3) is 0 Å². The predicted molar refractivity (Wildman–Crippen MR) is 59.6 cm³/mol. The monoisotopic (exact) mass is 287 g/mol. The van der Waals surface area contributed by atoms with Crippen LogP contribution in [-0.4, -0.2) is 13.1 Å². The number of carbonyl (C=O) groups excluding carboxylic acids is 1. The Morgan fingerprint density at radius 3 is 2.87 bits per heavy atom. The maximum absolute atomic E-state index is 11.1. The van der Waals surface area contributed by atoms with Crippen LogP contribution in [0.5, 0.6) is 0 Å². The molecule has 0 unspecified atom stereocenters. The van der Waals surface area contributed by atoms with Crippen LogP contribution in [0.1, 0.15) is 11.1 Å². The quantitative estimate of drug-likeness (QED) is 0.786. The number of methoxy groups -OCH3 is 1. The van der Waals surface area contributed by atoms with Gasteiger partial charge in [0.2, 0.25) is 0 Å². The van der Waals surface area contributed by atoms with Crippen LogP contribution >= 0.6 is 27.5 Å². The highest BCUT2D eigenvalue weighted by Crippen LogP contribution is 2.28. The molecule has 0 saturated heterocycles. The molecule has 0 aliphatic rings. The number of esters is 1. The van der Waals surface area contributed by atoms with Crippen LogP contribution in [0.2, 0.25) is 5.02 Å². The molecule has 0 aliphatic carbocycles. The van der Waals surface area contributed by atoms with Crippen LogP contribution < -0.4 is 0 Å². The molecule has 0 aromatic heterocycles. The van der Waals surface area contributed by atoms with E-state index in [2.05, 4.69) is 20.7 Å². The predicted octanol–water partition coefficient (Wildman–Crippen LogP) is 2.69. The first-order valence-electron chi connectivity index (χ1n) is 4.04. The molecule has 1 rings (SSSR count). The van der Waals surface area contributed by atoms with E-state index >= 15 is 0 Å². The van der Waals surface area contributed by atoms with E-state index in [1.165, 1.54) is 7.11 Å². The van der Waals surface area contributed by atoms with Gasteiger partial charge in [0.05, 0.1) is 24.1 Å². The molecule has 1 aromatic rings. The van der Waals surface area contributed by atoms with Crippen LogP contribution in [-0.2, 0) is 16.0 Å². The van der Waals surface area contributed by atoms with Crippen molar-refractivity contribution in [3.05, 3.63) is 32.8 Å². The minimum atomic E-state index is -0.359. The van der Waals surface area contributed by atoms with Gasteiger partial charge >= 0.3 is 5.97 Å². The molecule has 0 N–H and O–H groups in total. The fourth-order valence-electron chi connectivity index (χ4n) is 1.06. The molecule has 15 heavy (non-hydrogen) atoms. The SMILES string of the molecule is COC(=O)Cc1ccc(Cl)c(C#N)c1Br. The Labute approximate surface area is 101 Å². The van der Waals surface area contributed by atoms with Crippen molar-refractivity contribution < 1.29 is 9.53 Å². The average molecular weight is 289 g/mol. The molecule has 0 bridgehead atoms. The summed E-state index contributed by atoms with van der Waals surface area (Å²) in [6, 6.07) is 5.24. The Kier molecular flexibility index (Phi) is 4.13. The molecule has 78 valence electrons. The molecule has 0 amide bonds. The summed E-state index contributed by atoms with van der Waals surface area (Å²) in [6.45, 7) is 0. The zero-order valence-corrected chi connectivity index (χ0v) is 10.2. The lowest BCUT2D eigenvalue weighted by Gasteiger charge is -2.05. The van der Waals surface area contributed by atoms with Gasteiger partial charge in [0.25, 0.3) is 0 Å². The maximum Gasteiger partial charge on any atom is 0.310 e. The minimum absolute atomic E-state index is 0.114. The fraction of sp³-hybridized carbons (Fsp3) is 0.200. The normalized spacial score (nSPS) is 9.47. The summed E-state index contributed by atoms with van der Waals surface area (Å²) in [5, 5.41) is 9.19. The van der Waals surface area contributed by atoms with Gasteiger partial charge in [-0.15, -0.1) is 0 Å². The number of ether oxygens (including phenoxy) is 1. The van der Waals surface area contributed by atoms with Crippen LogP contribution in [0, 0.1) is 11.3 Å². The van der Waals surface area contributed by atoms with Gasteiger partial charge < -0.3 is 4.74 Å². The third kappa shape index (κ3) is 2.71. The van der Waals surface area contributed by atoms with Crippen LogP contribution in [0.3, 0.4) is 0 Å². The average Bonchev–Trinajstić information content (AvgIpc) is 2.23. The zero-order chi connectivity index (χ0) is 11.4. The second-order valence-corrected chi connectivity index (χ2v) is 3.96. The van der Waals surface area contributed by atoms with Crippen molar-refractivity contribution >= 4 is 33.5 Å². The van der Waals surface area contributed by atoms with Gasteiger partial charge in [0.1, 0.15) is 6.07 Å². The highest BCUT2D eigenvalue weighted by molar-refractivity contribution is 9.10. The number of hydrogen-bond acceptors (Lipinski definition) is 3. The number of benzene rings is 1. The number of nitrogens with zero attached hydrogens (tertiary/aromatic N) is 1. The Bertz CT molecular complexity index is 440. The minimum Gasteiger partial charge on any atom is -0.469 e. The van der Waals surface area contributed by atoms with E-state index in [9.17, 15) is 4.79 Å².